The molecule has 0 saturated heterocycles. The van der Waals surface area contributed by atoms with Gasteiger partial charge < -0.3 is 9.30 Å². The number of amides is 1. The molecule has 0 atom stereocenters. The van der Waals surface area contributed by atoms with Gasteiger partial charge >= 0.3 is 6.36 Å². The quantitative estimate of drug-likeness (QED) is 0.473. The Balaban J connectivity index is 1.64. The van der Waals surface area contributed by atoms with E-state index in [0.29, 0.717) is 22.7 Å². The summed E-state index contributed by atoms with van der Waals surface area (Å²) in [7, 11) is 0. The Kier molecular flexibility index (Phi) is 6.73. The molecule has 1 N–H and O–H groups in total. The molecule has 10 heteroatoms. The molecule has 0 aliphatic heterocycles. The van der Waals surface area contributed by atoms with Gasteiger partial charge in [-0.25, -0.2) is 10.4 Å². The van der Waals surface area contributed by atoms with E-state index in [-0.39, 0.29) is 12.2 Å². The van der Waals surface area contributed by atoms with Gasteiger partial charge in [-0.15, -0.1) is 13.2 Å². The lowest BCUT2D eigenvalue weighted by Gasteiger charge is -2.09. The van der Waals surface area contributed by atoms with Crippen molar-refractivity contribution in [2.45, 2.75) is 19.3 Å². The van der Waals surface area contributed by atoms with Crippen LogP contribution in [0.1, 0.15) is 11.1 Å². The molecule has 0 aliphatic carbocycles. The molecule has 0 fully saturated rings. The number of carbonyl (C=O) groups is 1. The fourth-order valence-corrected chi connectivity index (χ4v) is 2.66. The summed E-state index contributed by atoms with van der Waals surface area (Å²) in [4.78, 5) is 16.2. The van der Waals surface area contributed by atoms with Crippen LogP contribution in [0.4, 0.5) is 13.2 Å². The van der Waals surface area contributed by atoms with Crippen molar-refractivity contribution in [1.29, 1.82) is 0 Å². The van der Waals surface area contributed by atoms with Crippen molar-refractivity contribution < 1.29 is 22.7 Å². The van der Waals surface area contributed by atoms with Crippen LogP contribution < -0.4 is 15.7 Å². The van der Waals surface area contributed by atoms with Crippen molar-refractivity contribution in [2.75, 3.05) is 0 Å². The van der Waals surface area contributed by atoms with Gasteiger partial charge in [0.1, 0.15) is 10.9 Å². The number of nitrogens with one attached hydrogen (secondary N) is 1. The first-order valence-electron chi connectivity index (χ1n) is 8.72. The van der Waals surface area contributed by atoms with Crippen molar-refractivity contribution in [3.8, 4) is 5.75 Å². The number of benzene rings is 1. The van der Waals surface area contributed by atoms with Crippen LogP contribution in [-0.2, 0) is 17.8 Å². The normalized spacial score (nSPS) is 11.9. The van der Waals surface area contributed by atoms with Gasteiger partial charge in [0.15, 0.2) is 5.49 Å². The fraction of sp³-hybridized carbons (Fsp3) is 0.150. The second kappa shape index (κ2) is 9.45. The van der Waals surface area contributed by atoms with Gasteiger partial charge in [0.25, 0.3) is 0 Å². The van der Waals surface area contributed by atoms with Gasteiger partial charge in [-0.3, -0.25) is 4.79 Å². The molecule has 0 radical (unpaired) electrons. The summed E-state index contributed by atoms with van der Waals surface area (Å²) in [6.45, 7) is 0.473. The molecule has 6 nitrogen and oxygen atoms in total. The molecule has 0 unspecified atom stereocenters. The SMILES string of the molecule is O=C(Cc1ccc(OC(F)(F)F)cc1)NN=c1ccccn1Cc1ccc(Cl)nc1. The van der Waals surface area contributed by atoms with Crippen LogP contribution in [-0.4, -0.2) is 21.8 Å². The average molecular weight is 437 g/mol. The predicted octanol–water partition coefficient (Wildman–Crippen LogP) is 3.66. The molecule has 2 aromatic heterocycles. The number of carbonyl (C=O) groups excluding carboxylic acids is 1. The number of ether oxygens (including phenoxy) is 1. The van der Waals surface area contributed by atoms with E-state index in [1.807, 2.05) is 16.7 Å². The molecule has 0 saturated carbocycles. The topological polar surface area (TPSA) is 68.5 Å². The maximum atomic E-state index is 12.2. The Hall–Kier alpha value is -3.33. The average Bonchev–Trinajstić information content (AvgIpc) is 2.69. The minimum atomic E-state index is -4.76. The monoisotopic (exact) mass is 436 g/mol. The molecule has 0 aliphatic rings. The molecule has 30 heavy (non-hydrogen) atoms. The summed E-state index contributed by atoms with van der Waals surface area (Å²) in [6, 6.07) is 13.9. The number of aromatic nitrogens is 2. The zero-order valence-electron chi connectivity index (χ0n) is 15.4. The number of alkyl halides is 3. The van der Waals surface area contributed by atoms with E-state index in [4.69, 9.17) is 11.6 Å². The molecule has 1 aromatic carbocycles. The van der Waals surface area contributed by atoms with Gasteiger partial charge in [-0.2, -0.15) is 5.10 Å². The Morgan fingerprint density at radius 2 is 1.83 bits per heavy atom. The maximum absolute atomic E-state index is 12.2. The summed E-state index contributed by atoms with van der Waals surface area (Å²) < 4.78 is 42.2. The third kappa shape index (κ3) is 6.63. The van der Waals surface area contributed by atoms with Crippen LogP contribution in [0.15, 0.2) is 72.1 Å². The van der Waals surface area contributed by atoms with E-state index in [0.717, 1.165) is 17.7 Å². The summed E-state index contributed by atoms with van der Waals surface area (Å²) in [5.41, 5.74) is 4.38. The Morgan fingerprint density at radius 1 is 1.10 bits per heavy atom. The zero-order chi connectivity index (χ0) is 21.6. The smallest absolute Gasteiger partial charge is 0.406 e. The van der Waals surface area contributed by atoms with Crippen molar-refractivity contribution in [1.82, 2.24) is 15.0 Å². The minimum Gasteiger partial charge on any atom is -0.406 e. The molecule has 0 spiro atoms. The van der Waals surface area contributed by atoms with E-state index in [2.05, 4.69) is 20.2 Å². The minimum absolute atomic E-state index is 0.0518. The Labute approximate surface area is 174 Å². The molecule has 2 heterocycles. The second-order valence-electron chi connectivity index (χ2n) is 6.19. The van der Waals surface area contributed by atoms with Crippen molar-refractivity contribution in [2.24, 2.45) is 5.10 Å². The highest BCUT2D eigenvalue weighted by atomic mass is 35.5. The first-order chi connectivity index (χ1) is 14.3. The number of rotatable bonds is 6. The van der Waals surface area contributed by atoms with Crippen LogP contribution in [0.3, 0.4) is 0 Å². The summed E-state index contributed by atoms with van der Waals surface area (Å²) >= 11 is 5.79. The molecule has 0 bridgehead atoms. The van der Waals surface area contributed by atoms with E-state index < -0.39 is 12.3 Å². The number of halogens is 4. The van der Waals surface area contributed by atoms with Crippen molar-refractivity contribution >= 4 is 17.5 Å². The van der Waals surface area contributed by atoms with Gasteiger partial charge in [-0.05, 0) is 41.5 Å². The van der Waals surface area contributed by atoms with Gasteiger partial charge in [0.05, 0.1) is 13.0 Å². The lowest BCUT2D eigenvalue weighted by Crippen LogP contribution is -2.28. The largest absolute Gasteiger partial charge is 0.573 e. The van der Waals surface area contributed by atoms with E-state index in [1.54, 1.807) is 30.6 Å². The van der Waals surface area contributed by atoms with Gasteiger partial charge in [0.2, 0.25) is 5.91 Å². The van der Waals surface area contributed by atoms with Gasteiger partial charge in [0, 0.05) is 12.4 Å². The highest BCUT2D eigenvalue weighted by molar-refractivity contribution is 6.29. The van der Waals surface area contributed by atoms with Crippen molar-refractivity contribution in [3.63, 3.8) is 0 Å². The van der Waals surface area contributed by atoms with Crippen LogP contribution in [0.25, 0.3) is 0 Å². The number of hydrogen-bond donors (Lipinski definition) is 1. The standard InChI is InChI=1S/C20H16ClF3N4O2/c21-17-9-6-15(12-25-17)13-28-10-2-1-3-18(28)26-27-19(29)11-14-4-7-16(8-5-14)30-20(22,23)24/h1-10,12H,11,13H2,(H,27,29). The highest BCUT2D eigenvalue weighted by Crippen LogP contribution is 2.22. The van der Waals surface area contributed by atoms with E-state index in [9.17, 15) is 18.0 Å². The predicted molar refractivity (Wildman–Crippen MR) is 103 cm³/mol. The zero-order valence-corrected chi connectivity index (χ0v) is 16.2. The van der Waals surface area contributed by atoms with Crippen molar-refractivity contribution in [3.05, 3.63) is 88.8 Å². The lowest BCUT2D eigenvalue weighted by molar-refractivity contribution is -0.274. The molecule has 3 rings (SSSR count). The molecule has 156 valence electrons. The summed E-state index contributed by atoms with van der Waals surface area (Å²) in [5.74, 6) is -0.763. The maximum Gasteiger partial charge on any atom is 0.573 e. The lowest BCUT2D eigenvalue weighted by atomic mass is 10.1. The third-order valence-electron chi connectivity index (χ3n) is 3.88. The Bertz CT molecular complexity index is 1060. The van der Waals surface area contributed by atoms with Crippen LogP contribution >= 0.6 is 11.6 Å². The van der Waals surface area contributed by atoms with Crippen LogP contribution in [0.5, 0.6) is 5.75 Å². The van der Waals surface area contributed by atoms with Gasteiger partial charge in [-0.1, -0.05) is 35.9 Å². The van der Waals surface area contributed by atoms with E-state index >= 15 is 0 Å². The summed E-state index contributed by atoms with van der Waals surface area (Å²) in [6.07, 6.45) is -1.36. The fourth-order valence-electron chi connectivity index (χ4n) is 2.55. The van der Waals surface area contributed by atoms with Crippen LogP contribution in [0.2, 0.25) is 5.15 Å². The first kappa shape index (κ1) is 21.4. The molecular weight excluding hydrogens is 421 g/mol. The second-order valence-corrected chi connectivity index (χ2v) is 6.58. The van der Waals surface area contributed by atoms with E-state index in [1.165, 1.54) is 12.1 Å². The Morgan fingerprint density at radius 3 is 2.50 bits per heavy atom. The highest BCUT2D eigenvalue weighted by Gasteiger charge is 2.30. The number of hydrogen-bond acceptors (Lipinski definition) is 4. The summed E-state index contributed by atoms with van der Waals surface area (Å²) in [5, 5.41) is 4.52. The number of nitrogens with zero attached hydrogens (tertiary/aromatic N) is 3. The molecule has 1 amide bonds. The first-order valence-corrected chi connectivity index (χ1v) is 9.09. The number of pyridine rings is 2. The molecular formula is C20H16ClF3N4O2. The van der Waals surface area contributed by atoms with Crippen LogP contribution in [0, 0.1) is 0 Å². The third-order valence-corrected chi connectivity index (χ3v) is 4.10. The molecule has 3 aromatic rings.